The van der Waals surface area contributed by atoms with E-state index in [-0.39, 0.29) is 20.8 Å². The Kier molecular flexibility index (Phi) is 6.89. The zero-order valence-electron chi connectivity index (χ0n) is 16.8. The first-order chi connectivity index (χ1) is 15.3. The molecule has 1 unspecified atom stereocenters. The van der Waals surface area contributed by atoms with E-state index in [1.165, 1.54) is 29.2 Å². The average molecular weight is 499 g/mol. The Morgan fingerprint density at radius 2 is 2.09 bits per heavy atom. The van der Waals surface area contributed by atoms with Gasteiger partial charge in [-0.25, -0.2) is 13.4 Å². The van der Waals surface area contributed by atoms with E-state index in [1.807, 2.05) is 0 Å². The molecule has 1 fully saturated rings. The summed E-state index contributed by atoms with van der Waals surface area (Å²) < 4.78 is 46.0. The smallest absolute Gasteiger partial charge is 0.251 e. The van der Waals surface area contributed by atoms with E-state index < -0.39 is 26.9 Å². The number of anilines is 1. The Bertz CT molecular complexity index is 1210. The number of amides is 1. The first kappa shape index (κ1) is 22.8. The van der Waals surface area contributed by atoms with Gasteiger partial charge in [-0.15, -0.1) is 0 Å². The van der Waals surface area contributed by atoms with Gasteiger partial charge in [0.2, 0.25) is 9.84 Å². The molecule has 0 radical (unpaired) electrons. The van der Waals surface area contributed by atoms with Crippen molar-refractivity contribution in [2.45, 2.75) is 35.1 Å². The molecule has 0 saturated carbocycles. The number of benzene rings is 1. The average Bonchev–Trinajstić information content (AvgIpc) is 3.42. The van der Waals surface area contributed by atoms with Gasteiger partial charge < -0.3 is 10.1 Å². The quantitative estimate of drug-likeness (QED) is 0.529. The maximum atomic E-state index is 13.3. The number of thiazole rings is 1. The Labute approximate surface area is 193 Å². The molecule has 0 spiro atoms. The van der Waals surface area contributed by atoms with Crippen molar-refractivity contribution in [1.29, 1.82) is 0 Å². The molecule has 32 heavy (non-hydrogen) atoms. The lowest BCUT2D eigenvalue weighted by molar-refractivity contribution is -0.120. The second-order valence-corrected chi connectivity index (χ2v) is 10.7. The highest BCUT2D eigenvalue weighted by molar-refractivity contribution is 7.91. The molecule has 1 aliphatic heterocycles. The summed E-state index contributed by atoms with van der Waals surface area (Å²) in [7, 11) is -3.87. The molecular weight excluding hydrogens is 479 g/mol. The number of sulfone groups is 1. The standard InChI is InChI=1S/C20H20ClFN4O4S2/c21-14-2-1-3-15(9-14)32(28,29)16-10-24-26(12-16)17(8-13-4-6-30-7-5-13)19(27)25-20-23-11-18(22)31-20/h1-3,9-13,17H,4-8H2,(H,23,25,27). The highest BCUT2D eigenvalue weighted by Crippen LogP contribution is 2.29. The van der Waals surface area contributed by atoms with E-state index in [1.54, 1.807) is 12.1 Å². The molecule has 1 atom stereocenters. The molecule has 1 saturated heterocycles. The van der Waals surface area contributed by atoms with Crippen LogP contribution >= 0.6 is 22.9 Å². The zero-order valence-corrected chi connectivity index (χ0v) is 19.2. The summed E-state index contributed by atoms with van der Waals surface area (Å²) in [6, 6.07) is 5.14. The Hall–Kier alpha value is -2.34. The third-order valence-corrected chi connectivity index (χ3v) is 7.86. The number of carbonyl (C=O) groups excluding carboxylic acids is 1. The summed E-state index contributed by atoms with van der Waals surface area (Å²) in [6.07, 6.45) is 5.57. The van der Waals surface area contributed by atoms with Crippen LogP contribution in [0.25, 0.3) is 0 Å². The van der Waals surface area contributed by atoms with Gasteiger partial charge in [-0.1, -0.05) is 29.0 Å². The predicted octanol–water partition coefficient (Wildman–Crippen LogP) is 3.96. The molecule has 0 aliphatic carbocycles. The number of rotatable bonds is 7. The van der Waals surface area contributed by atoms with Gasteiger partial charge in [0.05, 0.1) is 17.3 Å². The molecule has 2 aromatic heterocycles. The molecule has 12 heteroatoms. The molecule has 3 heterocycles. The van der Waals surface area contributed by atoms with Crippen molar-refractivity contribution in [1.82, 2.24) is 14.8 Å². The van der Waals surface area contributed by atoms with E-state index in [2.05, 4.69) is 15.4 Å². The van der Waals surface area contributed by atoms with Crippen LogP contribution in [0.1, 0.15) is 25.3 Å². The third-order valence-electron chi connectivity index (χ3n) is 5.22. The molecular formula is C20H20ClFN4O4S2. The van der Waals surface area contributed by atoms with Gasteiger partial charge in [0.15, 0.2) is 10.3 Å². The summed E-state index contributed by atoms with van der Waals surface area (Å²) >= 11 is 6.66. The minimum atomic E-state index is -3.87. The van der Waals surface area contributed by atoms with Gasteiger partial charge in [-0.05, 0) is 43.4 Å². The van der Waals surface area contributed by atoms with Crippen molar-refractivity contribution in [3.63, 3.8) is 0 Å². The van der Waals surface area contributed by atoms with E-state index in [4.69, 9.17) is 16.3 Å². The van der Waals surface area contributed by atoms with Crippen molar-refractivity contribution in [3.05, 3.63) is 53.0 Å². The van der Waals surface area contributed by atoms with Crippen molar-refractivity contribution < 1.29 is 22.3 Å². The van der Waals surface area contributed by atoms with Crippen molar-refractivity contribution >= 4 is 43.8 Å². The first-order valence-electron chi connectivity index (χ1n) is 9.87. The lowest BCUT2D eigenvalue weighted by Crippen LogP contribution is -2.30. The predicted molar refractivity (Wildman–Crippen MR) is 117 cm³/mol. The number of hydrogen-bond acceptors (Lipinski definition) is 7. The lowest BCUT2D eigenvalue weighted by Gasteiger charge is -2.26. The largest absolute Gasteiger partial charge is 0.381 e. The van der Waals surface area contributed by atoms with E-state index >= 15 is 0 Å². The third kappa shape index (κ3) is 5.17. The van der Waals surface area contributed by atoms with Crippen LogP contribution < -0.4 is 5.32 Å². The number of carbonyl (C=O) groups is 1. The van der Waals surface area contributed by atoms with E-state index in [0.717, 1.165) is 19.0 Å². The van der Waals surface area contributed by atoms with Gasteiger partial charge in [0.25, 0.3) is 5.91 Å². The molecule has 0 bridgehead atoms. The van der Waals surface area contributed by atoms with Crippen LogP contribution in [-0.2, 0) is 19.4 Å². The fourth-order valence-electron chi connectivity index (χ4n) is 3.53. The summed E-state index contributed by atoms with van der Waals surface area (Å²) in [5.74, 6) is -0.245. The lowest BCUT2D eigenvalue weighted by atomic mass is 9.92. The van der Waals surface area contributed by atoms with Crippen molar-refractivity contribution in [2.24, 2.45) is 5.92 Å². The molecule has 1 aliphatic rings. The Balaban J connectivity index is 1.62. The first-order valence-corrected chi connectivity index (χ1v) is 12.6. The highest BCUT2D eigenvalue weighted by atomic mass is 35.5. The number of halogens is 2. The molecule has 8 nitrogen and oxygen atoms in total. The van der Waals surface area contributed by atoms with Gasteiger partial charge in [0, 0.05) is 24.4 Å². The van der Waals surface area contributed by atoms with Crippen LogP contribution in [-0.4, -0.2) is 42.3 Å². The highest BCUT2D eigenvalue weighted by Gasteiger charge is 2.29. The second kappa shape index (κ2) is 9.65. The summed E-state index contributed by atoms with van der Waals surface area (Å²) in [6.45, 7) is 1.20. The van der Waals surface area contributed by atoms with E-state index in [0.29, 0.717) is 36.0 Å². The summed E-state index contributed by atoms with van der Waals surface area (Å²) in [4.78, 5) is 16.9. The maximum Gasteiger partial charge on any atom is 0.251 e. The topological polar surface area (TPSA) is 103 Å². The summed E-state index contributed by atoms with van der Waals surface area (Å²) in [5, 5.41) is 6.70. The molecule has 1 aromatic carbocycles. The normalized spacial score (nSPS) is 16.1. The number of nitrogens with one attached hydrogen (secondary N) is 1. The van der Waals surface area contributed by atoms with Crippen LogP contribution in [0.5, 0.6) is 0 Å². The molecule has 170 valence electrons. The molecule has 1 amide bonds. The fourth-order valence-corrected chi connectivity index (χ4v) is 5.58. The van der Waals surface area contributed by atoms with E-state index in [9.17, 15) is 17.6 Å². The van der Waals surface area contributed by atoms with Crippen molar-refractivity contribution in [3.8, 4) is 0 Å². The maximum absolute atomic E-state index is 13.3. The fraction of sp³-hybridized carbons (Fsp3) is 0.350. The number of hydrogen-bond donors (Lipinski definition) is 1. The van der Waals surface area contributed by atoms with Crippen LogP contribution in [0.3, 0.4) is 0 Å². The minimum Gasteiger partial charge on any atom is -0.381 e. The number of aromatic nitrogens is 3. The van der Waals surface area contributed by atoms with Gasteiger partial charge in [0.1, 0.15) is 10.9 Å². The number of ether oxygens (including phenoxy) is 1. The molecule has 3 aromatic rings. The Morgan fingerprint density at radius 3 is 2.78 bits per heavy atom. The van der Waals surface area contributed by atoms with Crippen molar-refractivity contribution in [2.75, 3.05) is 18.5 Å². The number of nitrogens with zero attached hydrogens (tertiary/aromatic N) is 3. The van der Waals surface area contributed by atoms with Crippen LogP contribution in [0.2, 0.25) is 5.02 Å². The van der Waals surface area contributed by atoms with Crippen LogP contribution in [0, 0.1) is 11.0 Å². The van der Waals surface area contributed by atoms with Gasteiger partial charge in [-0.3, -0.25) is 9.48 Å². The molecule has 4 rings (SSSR count). The van der Waals surface area contributed by atoms with Crippen LogP contribution in [0.15, 0.2) is 52.6 Å². The zero-order chi connectivity index (χ0) is 22.7. The Morgan fingerprint density at radius 1 is 1.31 bits per heavy atom. The monoisotopic (exact) mass is 498 g/mol. The summed E-state index contributed by atoms with van der Waals surface area (Å²) in [5.41, 5.74) is 0. The molecule has 1 N–H and O–H groups in total. The van der Waals surface area contributed by atoms with Crippen LogP contribution in [0.4, 0.5) is 9.52 Å². The minimum absolute atomic E-state index is 0.0354. The van der Waals surface area contributed by atoms with Gasteiger partial charge >= 0.3 is 0 Å². The SMILES string of the molecule is O=C(Nc1ncc(F)s1)C(CC1CCOCC1)n1cc(S(=O)(=O)c2cccc(Cl)c2)cn1. The van der Waals surface area contributed by atoms with Gasteiger partial charge in [-0.2, -0.15) is 9.49 Å². The second-order valence-electron chi connectivity index (χ2n) is 7.38.